The molecule has 128 valence electrons. The molecule has 0 radical (unpaired) electrons. The van der Waals surface area contributed by atoms with Crippen LogP contribution in [-0.2, 0) is 18.3 Å². The molecule has 2 amide bonds. The molecule has 6 nitrogen and oxygen atoms in total. The molecule has 0 saturated carbocycles. The van der Waals surface area contributed by atoms with Crippen molar-refractivity contribution in [2.75, 3.05) is 11.9 Å². The van der Waals surface area contributed by atoms with Gasteiger partial charge in [-0.25, -0.2) is 0 Å². The minimum atomic E-state index is -0.207. The van der Waals surface area contributed by atoms with Crippen LogP contribution >= 0.6 is 0 Å². The van der Waals surface area contributed by atoms with Gasteiger partial charge in [0.15, 0.2) is 0 Å². The highest BCUT2D eigenvalue weighted by Crippen LogP contribution is 2.12. The molecule has 0 aliphatic heterocycles. The number of anilines is 1. The van der Waals surface area contributed by atoms with Gasteiger partial charge in [0.2, 0.25) is 5.91 Å². The van der Waals surface area contributed by atoms with E-state index >= 15 is 0 Å². The zero-order valence-electron chi connectivity index (χ0n) is 14.0. The van der Waals surface area contributed by atoms with Crippen molar-refractivity contribution < 1.29 is 14.7 Å². The van der Waals surface area contributed by atoms with Crippen molar-refractivity contribution >= 4 is 17.5 Å². The van der Waals surface area contributed by atoms with Gasteiger partial charge in [-0.15, -0.1) is 0 Å². The van der Waals surface area contributed by atoms with Crippen molar-refractivity contribution in [2.24, 2.45) is 7.05 Å². The molecule has 6 heteroatoms. The molecule has 0 aliphatic rings. The third kappa shape index (κ3) is 4.70. The van der Waals surface area contributed by atoms with E-state index in [1.54, 1.807) is 34.9 Å². The number of aliphatic hydroxyl groups excluding tert-OH is 1. The van der Waals surface area contributed by atoms with Gasteiger partial charge in [-0.3, -0.25) is 9.59 Å². The number of nitrogens with one attached hydrogen (secondary N) is 2. The summed E-state index contributed by atoms with van der Waals surface area (Å²) < 4.78 is 1.75. The lowest BCUT2D eigenvalue weighted by atomic mass is 10.1. The molecule has 1 aromatic carbocycles. The zero-order chi connectivity index (χ0) is 17.5. The maximum atomic E-state index is 12.1. The number of aryl methyl sites for hydroxylation is 1. The molecule has 2 rings (SSSR count). The summed E-state index contributed by atoms with van der Waals surface area (Å²) >= 11 is 0. The van der Waals surface area contributed by atoms with Crippen molar-refractivity contribution in [3.05, 3.63) is 53.9 Å². The zero-order valence-corrected chi connectivity index (χ0v) is 14.0. The molecule has 3 N–H and O–H groups in total. The fourth-order valence-corrected chi connectivity index (χ4v) is 2.34. The number of carbonyl (C=O) groups is 2. The van der Waals surface area contributed by atoms with Crippen molar-refractivity contribution in [3.63, 3.8) is 0 Å². The molecule has 24 heavy (non-hydrogen) atoms. The second-order valence-electron chi connectivity index (χ2n) is 5.69. The number of aliphatic hydroxyl groups is 1. The molecular weight excluding hydrogens is 306 g/mol. The van der Waals surface area contributed by atoms with Gasteiger partial charge in [-0.05, 0) is 36.2 Å². The second kappa shape index (κ2) is 8.31. The topological polar surface area (TPSA) is 83.4 Å². The molecule has 0 saturated heterocycles. The Hall–Kier alpha value is -2.60. The van der Waals surface area contributed by atoms with Crippen LogP contribution in [0, 0.1) is 0 Å². The number of aromatic nitrogens is 1. The first-order valence-electron chi connectivity index (χ1n) is 7.95. The predicted molar refractivity (Wildman–Crippen MR) is 92.8 cm³/mol. The van der Waals surface area contributed by atoms with Crippen LogP contribution in [0.2, 0.25) is 0 Å². The predicted octanol–water partition coefficient (Wildman–Crippen LogP) is 1.71. The second-order valence-corrected chi connectivity index (χ2v) is 5.69. The Morgan fingerprint density at radius 1 is 1.21 bits per heavy atom. The van der Waals surface area contributed by atoms with Gasteiger partial charge in [0.05, 0.1) is 19.1 Å². The number of nitrogens with zero attached hydrogens (tertiary/aromatic N) is 1. The van der Waals surface area contributed by atoms with E-state index in [9.17, 15) is 9.59 Å². The number of hydrogen-bond acceptors (Lipinski definition) is 3. The van der Waals surface area contributed by atoms with Crippen LogP contribution in [0.3, 0.4) is 0 Å². The van der Waals surface area contributed by atoms with E-state index < -0.39 is 0 Å². The molecule has 1 atom stereocenters. The fourth-order valence-electron chi connectivity index (χ4n) is 2.34. The lowest BCUT2D eigenvalue weighted by Crippen LogP contribution is -2.37. The summed E-state index contributed by atoms with van der Waals surface area (Å²) in [4.78, 5) is 24.0. The first-order valence-corrected chi connectivity index (χ1v) is 7.95. The summed E-state index contributed by atoms with van der Waals surface area (Å²) in [6.07, 6.45) is 2.74. The highest BCUT2D eigenvalue weighted by molar-refractivity contribution is 6.03. The molecule has 0 unspecified atom stereocenters. The van der Waals surface area contributed by atoms with E-state index in [0.29, 0.717) is 17.8 Å². The quantitative estimate of drug-likeness (QED) is 0.723. The molecule has 0 spiro atoms. The number of benzene rings is 1. The highest BCUT2D eigenvalue weighted by Gasteiger charge is 2.11. The monoisotopic (exact) mass is 329 g/mol. The maximum absolute atomic E-state index is 12.1. The largest absolute Gasteiger partial charge is 0.394 e. The minimum absolute atomic E-state index is 0.0631. The van der Waals surface area contributed by atoms with Gasteiger partial charge >= 0.3 is 0 Å². The van der Waals surface area contributed by atoms with Gasteiger partial charge in [0, 0.05) is 18.9 Å². The third-order valence-corrected chi connectivity index (χ3v) is 3.83. The van der Waals surface area contributed by atoms with Crippen molar-refractivity contribution in [1.82, 2.24) is 9.88 Å². The van der Waals surface area contributed by atoms with Gasteiger partial charge < -0.3 is 20.3 Å². The van der Waals surface area contributed by atoms with E-state index in [1.165, 1.54) is 0 Å². The first-order chi connectivity index (χ1) is 11.5. The van der Waals surface area contributed by atoms with Gasteiger partial charge in [0.25, 0.3) is 5.91 Å². The minimum Gasteiger partial charge on any atom is -0.394 e. The van der Waals surface area contributed by atoms with Crippen LogP contribution in [0.5, 0.6) is 0 Å². The third-order valence-electron chi connectivity index (χ3n) is 3.83. The summed E-state index contributed by atoms with van der Waals surface area (Å²) in [6, 6.07) is 10.5. The Morgan fingerprint density at radius 3 is 2.46 bits per heavy atom. The van der Waals surface area contributed by atoms with Crippen LogP contribution in [-0.4, -0.2) is 34.1 Å². The van der Waals surface area contributed by atoms with Crippen LogP contribution in [0.4, 0.5) is 5.69 Å². The highest BCUT2D eigenvalue weighted by atomic mass is 16.3. The molecule has 1 heterocycles. The molecule has 1 aromatic heterocycles. The summed E-state index contributed by atoms with van der Waals surface area (Å²) in [5.74, 6) is -0.307. The molecule has 0 bridgehead atoms. The number of amides is 2. The van der Waals surface area contributed by atoms with Crippen LogP contribution in [0.25, 0.3) is 0 Å². The van der Waals surface area contributed by atoms with Crippen LogP contribution in [0.1, 0.15) is 29.4 Å². The Balaban J connectivity index is 1.92. The molecule has 0 fully saturated rings. The lowest BCUT2D eigenvalue weighted by Gasteiger charge is -2.14. The number of carbonyl (C=O) groups excluding carboxylic acids is 2. The summed E-state index contributed by atoms with van der Waals surface area (Å²) in [5.41, 5.74) is 2.09. The van der Waals surface area contributed by atoms with E-state index in [2.05, 4.69) is 10.6 Å². The van der Waals surface area contributed by atoms with Crippen molar-refractivity contribution in [2.45, 2.75) is 25.8 Å². The van der Waals surface area contributed by atoms with E-state index in [0.717, 1.165) is 5.56 Å². The fraction of sp³-hybridized carbons (Fsp3) is 0.333. The Bertz CT molecular complexity index is 688. The average molecular weight is 329 g/mol. The van der Waals surface area contributed by atoms with Crippen LogP contribution in [0.15, 0.2) is 42.6 Å². The molecule has 2 aromatic rings. The number of rotatable bonds is 7. The smallest absolute Gasteiger partial charge is 0.272 e. The maximum Gasteiger partial charge on any atom is 0.272 e. The van der Waals surface area contributed by atoms with Crippen molar-refractivity contribution in [1.29, 1.82) is 0 Å². The van der Waals surface area contributed by atoms with E-state index in [1.807, 2.05) is 26.2 Å². The first kappa shape index (κ1) is 17.7. The average Bonchev–Trinajstić information content (AvgIpc) is 3.00. The van der Waals surface area contributed by atoms with Gasteiger partial charge in [-0.1, -0.05) is 19.1 Å². The number of hydrogen-bond donors (Lipinski definition) is 3. The Labute approximate surface area is 141 Å². The Kier molecular flexibility index (Phi) is 6.14. The summed E-state index contributed by atoms with van der Waals surface area (Å²) in [7, 11) is 1.81. The Morgan fingerprint density at radius 2 is 1.92 bits per heavy atom. The van der Waals surface area contributed by atoms with Crippen molar-refractivity contribution in [3.8, 4) is 0 Å². The van der Waals surface area contributed by atoms with E-state index in [4.69, 9.17) is 5.11 Å². The van der Waals surface area contributed by atoms with E-state index in [-0.39, 0.29) is 30.9 Å². The molecular formula is C18H23N3O3. The summed E-state index contributed by atoms with van der Waals surface area (Å²) in [6.45, 7) is 1.84. The SMILES string of the molecule is CC[C@@H](CO)NC(=O)Cc1ccc(NC(=O)c2cccn2C)cc1. The lowest BCUT2D eigenvalue weighted by molar-refractivity contribution is -0.121. The normalized spacial score (nSPS) is 11.8. The summed E-state index contributed by atoms with van der Waals surface area (Å²) in [5, 5.41) is 14.7. The standard InChI is InChI=1S/C18H23N3O3/c1-3-14(12-22)19-17(23)11-13-6-8-15(9-7-13)20-18(24)16-5-4-10-21(16)2/h4-10,14,22H,3,11-12H2,1-2H3,(H,19,23)(H,20,24)/t14-/m0/s1. The van der Waals surface area contributed by atoms with Gasteiger partial charge in [-0.2, -0.15) is 0 Å². The molecule has 0 aliphatic carbocycles. The van der Waals surface area contributed by atoms with Gasteiger partial charge in [0.1, 0.15) is 5.69 Å². The van der Waals surface area contributed by atoms with Crippen LogP contribution < -0.4 is 10.6 Å².